The minimum Gasteiger partial charge on any atom is -0.497 e. The van der Waals surface area contributed by atoms with Crippen LogP contribution < -0.4 is 9.47 Å². The summed E-state index contributed by atoms with van der Waals surface area (Å²) in [6.45, 7) is 0. The van der Waals surface area contributed by atoms with Crippen LogP contribution >= 0.6 is 0 Å². The Morgan fingerprint density at radius 3 is 2.00 bits per heavy atom. The maximum Gasteiger partial charge on any atom is 0.118 e. The van der Waals surface area contributed by atoms with Crippen molar-refractivity contribution < 1.29 is 14.2 Å². The zero-order valence-corrected chi connectivity index (χ0v) is 15.4. The Labute approximate surface area is 154 Å². The van der Waals surface area contributed by atoms with E-state index in [1.165, 1.54) is 11.1 Å². The van der Waals surface area contributed by atoms with Crippen molar-refractivity contribution in [3.05, 3.63) is 77.9 Å². The maximum absolute atomic E-state index is 6.17. The van der Waals surface area contributed by atoms with Gasteiger partial charge in [0.1, 0.15) is 17.1 Å². The van der Waals surface area contributed by atoms with Crippen LogP contribution in [0.4, 0.5) is 0 Å². The fourth-order valence-corrected chi connectivity index (χ4v) is 4.25. The lowest BCUT2D eigenvalue weighted by Gasteiger charge is -2.40. The van der Waals surface area contributed by atoms with Gasteiger partial charge in [-0.2, -0.15) is 0 Å². The van der Waals surface area contributed by atoms with Gasteiger partial charge in [-0.15, -0.1) is 0 Å². The molecule has 0 fully saturated rings. The van der Waals surface area contributed by atoms with E-state index in [0.717, 1.165) is 23.5 Å². The van der Waals surface area contributed by atoms with E-state index < -0.39 is 5.60 Å². The monoisotopic (exact) mass is 348 g/mol. The Kier molecular flexibility index (Phi) is 4.33. The first-order chi connectivity index (χ1) is 12.7. The Hall–Kier alpha value is -2.52. The second-order valence-corrected chi connectivity index (χ2v) is 6.89. The van der Waals surface area contributed by atoms with Gasteiger partial charge in [-0.05, 0) is 53.5 Å². The molecule has 3 nitrogen and oxygen atoms in total. The molecular weight excluding hydrogens is 324 g/mol. The number of ether oxygens (including phenoxy) is 3. The molecular formula is C23H24O3. The number of rotatable bonds is 5. The number of methoxy groups -OCH3 is 3. The summed E-state index contributed by atoms with van der Waals surface area (Å²) in [6.07, 6.45) is 8.02. The number of hydrogen-bond acceptors (Lipinski definition) is 3. The van der Waals surface area contributed by atoms with Crippen LogP contribution in [0.5, 0.6) is 11.5 Å². The second kappa shape index (κ2) is 6.65. The summed E-state index contributed by atoms with van der Waals surface area (Å²) in [4.78, 5) is 0. The fraction of sp³-hybridized carbons (Fsp3) is 0.304. The molecule has 26 heavy (non-hydrogen) atoms. The van der Waals surface area contributed by atoms with Crippen LogP contribution in [0.15, 0.2) is 66.8 Å². The number of hydrogen-bond donors (Lipinski definition) is 0. The summed E-state index contributed by atoms with van der Waals surface area (Å²) < 4.78 is 16.8. The minimum atomic E-state index is -0.453. The van der Waals surface area contributed by atoms with Gasteiger partial charge in [0.2, 0.25) is 0 Å². The van der Waals surface area contributed by atoms with Gasteiger partial charge in [-0.1, -0.05) is 36.4 Å². The first-order valence-corrected chi connectivity index (χ1v) is 8.95. The molecule has 2 aliphatic rings. The zero-order chi connectivity index (χ0) is 18.1. The third kappa shape index (κ3) is 2.63. The molecule has 134 valence electrons. The molecule has 3 atom stereocenters. The SMILES string of the molecule is COc1ccc(C2=CC(OC)(c3ccc(OC)cc3)C3C=CC2C3)cc1. The molecule has 0 aromatic heterocycles. The summed E-state index contributed by atoms with van der Waals surface area (Å²) >= 11 is 0. The Bertz CT molecular complexity index is 833. The molecule has 0 amide bonds. The molecule has 0 saturated heterocycles. The van der Waals surface area contributed by atoms with E-state index in [1.54, 1.807) is 21.3 Å². The van der Waals surface area contributed by atoms with Crippen LogP contribution in [0.3, 0.4) is 0 Å². The number of allylic oxidation sites excluding steroid dienone is 2. The van der Waals surface area contributed by atoms with Crippen molar-refractivity contribution in [3.63, 3.8) is 0 Å². The Balaban J connectivity index is 1.81. The van der Waals surface area contributed by atoms with E-state index in [0.29, 0.717) is 11.8 Å². The molecule has 2 aromatic carbocycles. The zero-order valence-electron chi connectivity index (χ0n) is 15.4. The summed E-state index contributed by atoms with van der Waals surface area (Å²) in [6, 6.07) is 16.5. The fourth-order valence-electron chi connectivity index (χ4n) is 4.25. The minimum absolute atomic E-state index is 0.341. The first kappa shape index (κ1) is 16.9. The van der Waals surface area contributed by atoms with Gasteiger partial charge in [0.05, 0.1) is 14.2 Å². The molecule has 0 saturated carbocycles. The van der Waals surface area contributed by atoms with Crippen LogP contribution in [-0.4, -0.2) is 21.3 Å². The van der Waals surface area contributed by atoms with E-state index in [1.807, 2.05) is 24.3 Å². The predicted molar refractivity (Wildman–Crippen MR) is 103 cm³/mol. The third-order valence-corrected chi connectivity index (χ3v) is 5.71. The van der Waals surface area contributed by atoms with Gasteiger partial charge in [0.15, 0.2) is 0 Å². The summed E-state index contributed by atoms with van der Waals surface area (Å²) in [5, 5.41) is 0. The van der Waals surface area contributed by atoms with E-state index in [2.05, 4.69) is 42.5 Å². The van der Waals surface area contributed by atoms with Crippen molar-refractivity contribution in [2.24, 2.45) is 11.8 Å². The largest absolute Gasteiger partial charge is 0.497 e. The van der Waals surface area contributed by atoms with E-state index >= 15 is 0 Å². The highest BCUT2D eigenvalue weighted by molar-refractivity contribution is 5.73. The highest BCUT2D eigenvalue weighted by atomic mass is 16.5. The Morgan fingerprint density at radius 2 is 1.42 bits per heavy atom. The molecule has 3 heteroatoms. The van der Waals surface area contributed by atoms with Gasteiger partial charge in [-0.3, -0.25) is 0 Å². The lowest BCUT2D eigenvalue weighted by Crippen LogP contribution is -2.37. The van der Waals surface area contributed by atoms with E-state index in [4.69, 9.17) is 14.2 Å². The van der Waals surface area contributed by atoms with Crippen LogP contribution in [0, 0.1) is 11.8 Å². The van der Waals surface area contributed by atoms with Gasteiger partial charge in [0, 0.05) is 18.9 Å². The number of benzene rings is 2. The van der Waals surface area contributed by atoms with Gasteiger partial charge < -0.3 is 14.2 Å². The van der Waals surface area contributed by atoms with Crippen molar-refractivity contribution in [1.29, 1.82) is 0 Å². The molecule has 0 N–H and O–H groups in total. The van der Waals surface area contributed by atoms with Gasteiger partial charge in [0.25, 0.3) is 0 Å². The number of fused-ring (bicyclic) bond motifs is 2. The van der Waals surface area contributed by atoms with Crippen LogP contribution in [0.2, 0.25) is 0 Å². The van der Waals surface area contributed by atoms with Crippen molar-refractivity contribution >= 4 is 5.57 Å². The smallest absolute Gasteiger partial charge is 0.118 e. The second-order valence-electron chi connectivity index (χ2n) is 6.89. The van der Waals surface area contributed by atoms with Crippen LogP contribution in [-0.2, 0) is 10.3 Å². The first-order valence-electron chi connectivity index (χ1n) is 8.95. The summed E-state index contributed by atoms with van der Waals surface area (Å²) in [5.41, 5.74) is 3.23. The molecule has 0 aliphatic heterocycles. The molecule has 0 spiro atoms. The van der Waals surface area contributed by atoms with Gasteiger partial charge in [-0.25, -0.2) is 0 Å². The molecule has 4 rings (SSSR count). The topological polar surface area (TPSA) is 27.7 Å². The average Bonchev–Trinajstić information content (AvgIpc) is 3.14. The highest BCUT2D eigenvalue weighted by Crippen LogP contribution is 2.52. The van der Waals surface area contributed by atoms with Crippen LogP contribution in [0.25, 0.3) is 5.57 Å². The summed E-state index contributed by atoms with van der Waals surface area (Å²) in [5.74, 6) is 2.51. The Morgan fingerprint density at radius 1 is 0.808 bits per heavy atom. The standard InChI is InChI=1S/C23H24O3/c1-24-20-10-5-16(6-11-20)22-15-23(26-3,19-7-4-17(22)14-19)18-8-12-21(25-2)13-9-18/h4-13,15,17,19H,14H2,1-3H3. The highest BCUT2D eigenvalue weighted by Gasteiger charge is 2.45. The molecule has 0 radical (unpaired) electrons. The molecule has 0 heterocycles. The van der Waals surface area contributed by atoms with Crippen molar-refractivity contribution in [3.8, 4) is 11.5 Å². The van der Waals surface area contributed by atoms with Crippen molar-refractivity contribution in [1.82, 2.24) is 0 Å². The molecule has 2 bridgehead atoms. The lowest BCUT2D eigenvalue weighted by atomic mass is 9.71. The molecule has 2 aromatic rings. The molecule has 3 unspecified atom stereocenters. The maximum atomic E-state index is 6.17. The quantitative estimate of drug-likeness (QED) is 0.724. The average molecular weight is 348 g/mol. The van der Waals surface area contributed by atoms with Gasteiger partial charge >= 0.3 is 0 Å². The third-order valence-electron chi connectivity index (χ3n) is 5.71. The van der Waals surface area contributed by atoms with E-state index in [-0.39, 0.29) is 0 Å². The van der Waals surface area contributed by atoms with Crippen LogP contribution in [0.1, 0.15) is 17.5 Å². The lowest BCUT2D eigenvalue weighted by molar-refractivity contribution is -0.0115. The normalized spacial score (nSPS) is 26.5. The van der Waals surface area contributed by atoms with E-state index in [9.17, 15) is 0 Å². The molecule has 2 aliphatic carbocycles. The van der Waals surface area contributed by atoms with Crippen molar-refractivity contribution in [2.45, 2.75) is 12.0 Å². The van der Waals surface area contributed by atoms with Crippen molar-refractivity contribution in [2.75, 3.05) is 21.3 Å². The predicted octanol–water partition coefficient (Wildman–Crippen LogP) is 4.84. The summed E-state index contributed by atoms with van der Waals surface area (Å²) in [7, 11) is 5.19.